The third-order valence-corrected chi connectivity index (χ3v) is 6.04. The molecule has 0 bridgehead atoms. The van der Waals surface area contributed by atoms with Crippen LogP contribution >= 0.6 is 0 Å². The molecule has 0 spiro atoms. The van der Waals surface area contributed by atoms with Crippen LogP contribution in [0.25, 0.3) is 22.4 Å². The number of benzene rings is 3. The van der Waals surface area contributed by atoms with Crippen molar-refractivity contribution in [1.29, 1.82) is 5.26 Å². The van der Waals surface area contributed by atoms with Gasteiger partial charge in [-0.2, -0.15) is 5.26 Å². The third kappa shape index (κ3) is 3.96. The molecule has 7 heteroatoms. The van der Waals surface area contributed by atoms with Crippen molar-refractivity contribution in [3.8, 4) is 45.8 Å². The van der Waals surface area contributed by atoms with Gasteiger partial charge in [-0.3, -0.25) is 5.10 Å². The van der Waals surface area contributed by atoms with Crippen molar-refractivity contribution in [3.63, 3.8) is 0 Å². The number of H-pyrrole nitrogens is 1. The van der Waals surface area contributed by atoms with Gasteiger partial charge < -0.3 is 19.9 Å². The Hall–Kier alpha value is -4.70. The van der Waals surface area contributed by atoms with Gasteiger partial charge in [-0.15, -0.1) is 5.10 Å². The van der Waals surface area contributed by atoms with E-state index in [4.69, 9.17) is 19.9 Å². The van der Waals surface area contributed by atoms with Crippen molar-refractivity contribution >= 4 is 0 Å². The van der Waals surface area contributed by atoms with Crippen molar-refractivity contribution in [1.82, 2.24) is 10.2 Å². The molecular weight excluding hydrogens is 440 g/mol. The van der Waals surface area contributed by atoms with Gasteiger partial charge in [0.2, 0.25) is 11.8 Å². The molecular formula is C28H24N4O3. The zero-order chi connectivity index (χ0) is 24.4. The summed E-state index contributed by atoms with van der Waals surface area (Å²) in [6, 6.07) is 26.2. The van der Waals surface area contributed by atoms with Crippen LogP contribution in [0.4, 0.5) is 0 Å². The largest absolute Gasteiger partial charge is 0.493 e. The average Bonchev–Trinajstić information content (AvgIpc) is 3.32. The number of methoxy groups -OCH3 is 1. The highest BCUT2D eigenvalue weighted by atomic mass is 16.5. The Morgan fingerprint density at radius 1 is 1.00 bits per heavy atom. The second kappa shape index (κ2) is 9.27. The molecule has 0 amide bonds. The fourth-order valence-corrected chi connectivity index (χ4v) is 4.39. The summed E-state index contributed by atoms with van der Waals surface area (Å²) >= 11 is 0. The Morgan fingerprint density at radius 2 is 1.71 bits per heavy atom. The monoisotopic (exact) mass is 464 g/mol. The second-order valence-corrected chi connectivity index (χ2v) is 8.03. The minimum absolute atomic E-state index is 0.0551. The Bertz CT molecular complexity index is 1430. The normalized spacial score (nSPS) is 14.6. The Labute approximate surface area is 203 Å². The molecule has 0 aliphatic carbocycles. The number of aromatic amines is 1. The predicted octanol–water partition coefficient (Wildman–Crippen LogP) is 5.37. The number of allylic oxidation sites excluding steroid dienone is 1. The molecule has 1 aliphatic rings. The number of ether oxygens (including phenoxy) is 3. The second-order valence-electron chi connectivity index (χ2n) is 8.03. The van der Waals surface area contributed by atoms with Crippen LogP contribution in [-0.2, 0) is 0 Å². The van der Waals surface area contributed by atoms with Gasteiger partial charge in [-0.25, -0.2) is 0 Å². The SMILES string of the molecule is CCOc1ccc(-c2[nH]nc3c2C(c2ccc(-c4ccccc4)cc2)C(C#N)=C(N)O3)cc1OC. The van der Waals surface area contributed by atoms with Crippen molar-refractivity contribution in [3.05, 3.63) is 95.4 Å². The summed E-state index contributed by atoms with van der Waals surface area (Å²) in [5.41, 5.74) is 11.9. The van der Waals surface area contributed by atoms with E-state index in [2.05, 4.69) is 28.4 Å². The maximum atomic E-state index is 9.99. The van der Waals surface area contributed by atoms with Crippen LogP contribution in [0.3, 0.4) is 0 Å². The van der Waals surface area contributed by atoms with E-state index in [1.165, 1.54) is 0 Å². The molecule has 3 aromatic carbocycles. The van der Waals surface area contributed by atoms with E-state index >= 15 is 0 Å². The minimum Gasteiger partial charge on any atom is -0.493 e. The zero-order valence-corrected chi connectivity index (χ0v) is 19.4. The molecule has 0 radical (unpaired) electrons. The molecule has 1 unspecified atom stereocenters. The summed E-state index contributed by atoms with van der Waals surface area (Å²) in [6.45, 7) is 2.45. The predicted molar refractivity (Wildman–Crippen MR) is 133 cm³/mol. The van der Waals surface area contributed by atoms with Gasteiger partial charge in [0.05, 0.1) is 30.9 Å². The van der Waals surface area contributed by atoms with E-state index in [1.54, 1.807) is 7.11 Å². The first-order chi connectivity index (χ1) is 17.1. The van der Waals surface area contributed by atoms with Crippen LogP contribution in [0, 0.1) is 11.3 Å². The summed E-state index contributed by atoms with van der Waals surface area (Å²) in [4.78, 5) is 0. The van der Waals surface area contributed by atoms with E-state index in [9.17, 15) is 5.26 Å². The van der Waals surface area contributed by atoms with E-state index in [0.29, 0.717) is 29.6 Å². The van der Waals surface area contributed by atoms with E-state index in [1.807, 2.05) is 67.6 Å². The van der Waals surface area contributed by atoms with Gasteiger partial charge in [0.1, 0.15) is 11.6 Å². The van der Waals surface area contributed by atoms with Crippen LogP contribution < -0.4 is 19.9 Å². The van der Waals surface area contributed by atoms with Crippen LogP contribution in [-0.4, -0.2) is 23.9 Å². The van der Waals surface area contributed by atoms with Crippen molar-refractivity contribution in [2.24, 2.45) is 5.73 Å². The highest BCUT2D eigenvalue weighted by Crippen LogP contribution is 2.46. The van der Waals surface area contributed by atoms with Crippen molar-refractivity contribution in [2.75, 3.05) is 13.7 Å². The quantitative estimate of drug-likeness (QED) is 0.397. The van der Waals surface area contributed by atoms with Gasteiger partial charge in [0, 0.05) is 5.56 Å². The summed E-state index contributed by atoms with van der Waals surface area (Å²) in [7, 11) is 1.60. The molecule has 174 valence electrons. The van der Waals surface area contributed by atoms with E-state index in [-0.39, 0.29) is 5.88 Å². The van der Waals surface area contributed by atoms with Crippen molar-refractivity contribution in [2.45, 2.75) is 12.8 Å². The van der Waals surface area contributed by atoms with Crippen molar-refractivity contribution < 1.29 is 14.2 Å². The molecule has 7 nitrogen and oxygen atoms in total. The smallest absolute Gasteiger partial charge is 0.244 e. The lowest BCUT2D eigenvalue weighted by atomic mass is 9.82. The van der Waals surface area contributed by atoms with E-state index in [0.717, 1.165) is 33.5 Å². The zero-order valence-electron chi connectivity index (χ0n) is 19.4. The lowest BCUT2D eigenvalue weighted by Crippen LogP contribution is -2.21. The number of nitrogens with zero attached hydrogens (tertiary/aromatic N) is 2. The van der Waals surface area contributed by atoms with E-state index < -0.39 is 5.92 Å². The standard InChI is InChI=1S/C28H24N4O3/c1-3-34-22-14-13-20(15-23(22)33-2)26-25-24(21(16-29)27(30)35-28(25)32-31-26)19-11-9-18(10-12-19)17-7-5-4-6-8-17/h4-15,24H,3,30H2,1-2H3,(H,31,32). The van der Waals surface area contributed by atoms with Gasteiger partial charge in [-0.05, 0) is 41.8 Å². The molecule has 1 atom stereocenters. The topological polar surface area (TPSA) is 106 Å². The fraction of sp³-hybridized carbons (Fsp3) is 0.143. The highest BCUT2D eigenvalue weighted by molar-refractivity contribution is 5.73. The number of nitriles is 1. The third-order valence-electron chi connectivity index (χ3n) is 6.04. The highest BCUT2D eigenvalue weighted by Gasteiger charge is 2.35. The Balaban J connectivity index is 1.62. The van der Waals surface area contributed by atoms with Crippen LogP contribution in [0.2, 0.25) is 0 Å². The number of hydrogen-bond donors (Lipinski definition) is 2. The number of nitrogens with one attached hydrogen (secondary N) is 1. The molecule has 1 aliphatic heterocycles. The molecule has 35 heavy (non-hydrogen) atoms. The lowest BCUT2D eigenvalue weighted by molar-refractivity contribution is 0.311. The number of hydrogen-bond acceptors (Lipinski definition) is 6. The molecule has 0 saturated heterocycles. The summed E-state index contributed by atoms with van der Waals surface area (Å²) in [5.74, 6) is 1.21. The maximum Gasteiger partial charge on any atom is 0.244 e. The van der Waals surface area contributed by atoms with Crippen LogP contribution in [0.1, 0.15) is 24.0 Å². The van der Waals surface area contributed by atoms with Gasteiger partial charge in [0.15, 0.2) is 11.5 Å². The number of nitrogens with two attached hydrogens (primary N) is 1. The summed E-state index contributed by atoms with van der Waals surface area (Å²) in [5, 5.41) is 17.4. The molecule has 0 saturated carbocycles. The maximum absolute atomic E-state index is 9.99. The summed E-state index contributed by atoms with van der Waals surface area (Å²) < 4.78 is 16.9. The molecule has 3 N–H and O–H groups in total. The number of aromatic nitrogens is 2. The summed E-state index contributed by atoms with van der Waals surface area (Å²) in [6.07, 6.45) is 0. The Morgan fingerprint density at radius 3 is 2.40 bits per heavy atom. The molecule has 4 aromatic rings. The molecule has 5 rings (SSSR count). The van der Waals surface area contributed by atoms with Crippen LogP contribution in [0.15, 0.2) is 84.3 Å². The molecule has 0 fully saturated rings. The fourth-order valence-electron chi connectivity index (χ4n) is 4.39. The van der Waals surface area contributed by atoms with Gasteiger partial charge >= 0.3 is 0 Å². The lowest BCUT2D eigenvalue weighted by Gasteiger charge is -2.24. The van der Waals surface area contributed by atoms with Gasteiger partial charge in [0.25, 0.3) is 0 Å². The molecule has 2 heterocycles. The first kappa shape index (κ1) is 22.1. The average molecular weight is 465 g/mol. The first-order valence-corrected chi connectivity index (χ1v) is 11.3. The minimum atomic E-state index is -0.445. The first-order valence-electron chi connectivity index (χ1n) is 11.3. The van der Waals surface area contributed by atoms with Crippen LogP contribution in [0.5, 0.6) is 17.4 Å². The number of fused-ring (bicyclic) bond motifs is 1. The van der Waals surface area contributed by atoms with Gasteiger partial charge in [-0.1, -0.05) is 54.6 Å². The number of rotatable bonds is 6. The Kier molecular flexibility index (Phi) is 5.86. The molecule has 1 aromatic heterocycles.